The molecule has 0 aliphatic rings. The number of sulfonamides is 1. The first-order chi connectivity index (χ1) is 7.40. The standard InChI is InChI=1S/C11H17NO3S/c1-8(9(2)13)10-6-4-5-7-11(10)16(14,15)12-3/h4-9,12-13H,1-3H3. The highest BCUT2D eigenvalue weighted by atomic mass is 32.2. The molecule has 0 saturated heterocycles. The summed E-state index contributed by atoms with van der Waals surface area (Å²) in [5, 5.41) is 9.52. The Morgan fingerprint density at radius 1 is 1.25 bits per heavy atom. The van der Waals surface area contributed by atoms with E-state index in [0.29, 0.717) is 5.56 Å². The van der Waals surface area contributed by atoms with Crippen molar-refractivity contribution >= 4 is 10.0 Å². The van der Waals surface area contributed by atoms with Gasteiger partial charge in [-0.25, -0.2) is 13.1 Å². The van der Waals surface area contributed by atoms with Gasteiger partial charge in [0.2, 0.25) is 10.0 Å². The van der Waals surface area contributed by atoms with Crippen molar-refractivity contribution in [2.75, 3.05) is 7.05 Å². The molecular formula is C11H17NO3S. The average molecular weight is 243 g/mol. The summed E-state index contributed by atoms with van der Waals surface area (Å²) in [4.78, 5) is 0.228. The smallest absolute Gasteiger partial charge is 0.240 e. The number of nitrogens with one attached hydrogen (secondary N) is 1. The Bertz CT molecular complexity index is 454. The van der Waals surface area contributed by atoms with Crippen molar-refractivity contribution in [1.82, 2.24) is 4.72 Å². The third kappa shape index (κ3) is 2.61. The summed E-state index contributed by atoms with van der Waals surface area (Å²) in [6.07, 6.45) is -0.590. The van der Waals surface area contributed by atoms with E-state index in [1.165, 1.54) is 7.05 Å². The maximum absolute atomic E-state index is 11.8. The SMILES string of the molecule is CNS(=O)(=O)c1ccccc1C(C)C(C)O. The molecule has 2 N–H and O–H groups in total. The van der Waals surface area contributed by atoms with E-state index in [1.807, 2.05) is 0 Å². The van der Waals surface area contributed by atoms with Crippen LogP contribution in [0.5, 0.6) is 0 Å². The second-order valence-electron chi connectivity index (χ2n) is 3.77. The van der Waals surface area contributed by atoms with E-state index in [-0.39, 0.29) is 10.8 Å². The van der Waals surface area contributed by atoms with E-state index in [9.17, 15) is 13.5 Å². The molecule has 90 valence electrons. The first-order valence-electron chi connectivity index (χ1n) is 5.10. The summed E-state index contributed by atoms with van der Waals surface area (Å²) in [6, 6.07) is 6.70. The first kappa shape index (κ1) is 13.2. The maximum Gasteiger partial charge on any atom is 0.240 e. The van der Waals surface area contributed by atoms with Crippen LogP contribution in [0.1, 0.15) is 25.3 Å². The van der Waals surface area contributed by atoms with Crippen molar-refractivity contribution in [3.05, 3.63) is 29.8 Å². The van der Waals surface area contributed by atoms with Gasteiger partial charge in [-0.2, -0.15) is 0 Å². The van der Waals surface area contributed by atoms with Crippen molar-refractivity contribution in [3.8, 4) is 0 Å². The van der Waals surface area contributed by atoms with Gasteiger partial charge in [-0.3, -0.25) is 0 Å². The van der Waals surface area contributed by atoms with Crippen LogP contribution in [-0.2, 0) is 10.0 Å². The summed E-state index contributed by atoms with van der Waals surface area (Å²) in [6.45, 7) is 3.45. The fourth-order valence-corrected chi connectivity index (χ4v) is 2.51. The molecule has 0 bridgehead atoms. The van der Waals surface area contributed by atoms with Crippen LogP contribution >= 0.6 is 0 Å². The predicted molar refractivity (Wildman–Crippen MR) is 62.8 cm³/mol. The molecule has 16 heavy (non-hydrogen) atoms. The lowest BCUT2D eigenvalue weighted by Crippen LogP contribution is -2.22. The van der Waals surface area contributed by atoms with Gasteiger partial charge >= 0.3 is 0 Å². The number of aliphatic hydroxyl groups is 1. The summed E-state index contributed by atoms with van der Waals surface area (Å²) < 4.78 is 25.8. The van der Waals surface area contributed by atoms with Crippen molar-refractivity contribution in [2.24, 2.45) is 0 Å². The zero-order chi connectivity index (χ0) is 12.3. The highest BCUT2D eigenvalue weighted by Crippen LogP contribution is 2.25. The molecule has 5 heteroatoms. The van der Waals surface area contributed by atoms with Crippen LogP contribution in [-0.4, -0.2) is 26.7 Å². The summed E-state index contributed by atoms with van der Waals surface area (Å²) in [5.41, 5.74) is 0.631. The quantitative estimate of drug-likeness (QED) is 0.831. The Morgan fingerprint density at radius 3 is 2.31 bits per heavy atom. The zero-order valence-electron chi connectivity index (χ0n) is 9.64. The number of benzene rings is 1. The Morgan fingerprint density at radius 2 is 1.81 bits per heavy atom. The average Bonchev–Trinajstić information content (AvgIpc) is 2.28. The predicted octanol–water partition coefficient (Wildman–Crippen LogP) is 1.08. The number of hydrogen-bond donors (Lipinski definition) is 2. The van der Waals surface area contributed by atoms with E-state index in [0.717, 1.165) is 0 Å². The normalized spacial score (nSPS) is 15.8. The minimum atomic E-state index is -3.47. The highest BCUT2D eigenvalue weighted by Gasteiger charge is 2.21. The van der Waals surface area contributed by atoms with E-state index in [1.54, 1.807) is 38.1 Å². The number of aliphatic hydroxyl groups excluding tert-OH is 1. The van der Waals surface area contributed by atoms with Crippen LogP contribution in [0, 0.1) is 0 Å². The summed E-state index contributed by atoms with van der Waals surface area (Å²) >= 11 is 0. The molecular weight excluding hydrogens is 226 g/mol. The molecule has 1 aromatic rings. The Kier molecular flexibility index (Phi) is 4.07. The second kappa shape index (κ2) is 4.95. The Labute approximate surface area is 96.4 Å². The van der Waals surface area contributed by atoms with Crippen LogP contribution in [0.2, 0.25) is 0 Å². The fraction of sp³-hybridized carbons (Fsp3) is 0.455. The second-order valence-corrected chi connectivity index (χ2v) is 5.63. The Hall–Kier alpha value is -0.910. The van der Waals surface area contributed by atoms with Crippen LogP contribution in [0.25, 0.3) is 0 Å². The minimum absolute atomic E-state index is 0.223. The van der Waals surface area contributed by atoms with Gasteiger partial charge in [0.1, 0.15) is 0 Å². The molecule has 4 nitrogen and oxygen atoms in total. The van der Waals surface area contributed by atoms with Gasteiger partial charge in [0, 0.05) is 5.92 Å². The van der Waals surface area contributed by atoms with Crippen LogP contribution in [0.3, 0.4) is 0 Å². The van der Waals surface area contributed by atoms with Crippen molar-refractivity contribution in [3.63, 3.8) is 0 Å². The van der Waals surface area contributed by atoms with Gasteiger partial charge in [0.05, 0.1) is 11.0 Å². The van der Waals surface area contributed by atoms with Gasteiger partial charge in [-0.1, -0.05) is 25.1 Å². The molecule has 0 amide bonds. The fourth-order valence-electron chi connectivity index (χ4n) is 1.47. The first-order valence-corrected chi connectivity index (χ1v) is 6.59. The monoisotopic (exact) mass is 243 g/mol. The van der Waals surface area contributed by atoms with Crippen molar-refractivity contribution in [2.45, 2.75) is 30.8 Å². The summed E-state index contributed by atoms with van der Waals surface area (Å²) in [7, 11) is -2.09. The lowest BCUT2D eigenvalue weighted by molar-refractivity contribution is 0.168. The molecule has 1 aromatic carbocycles. The molecule has 0 radical (unpaired) electrons. The zero-order valence-corrected chi connectivity index (χ0v) is 10.5. The molecule has 2 atom stereocenters. The van der Waals surface area contributed by atoms with Gasteiger partial charge in [0.25, 0.3) is 0 Å². The third-order valence-corrected chi connectivity index (χ3v) is 4.18. The largest absolute Gasteiger partial charge is 0.393 e. The van der Waals surface area contributed by atoms with Crippen molar-refractivity contribution < 1.29 is 13.5 Å². The molecule has 0 heterocycles. The van der Waals surface area contributed by atoms with Gasteiger partial charge in [0.15, 0.2) is 0 Å². The summed E-state index contributed by atoms with van der Waals surface area (Å²) in [5.74, 6) is -0.223. The number of rotatable bonds is 4. The van der Waals surface area contributed by atoms with Gasteiger partial charge < -0.3 is 5.11 Å². The van der Waals surface area contributed by atoms with E-state index >= 15 is 0 Å². The van der Waals surface area contributed by atoms with E-state index in [4.69, 9.17) is 0 Å². The van der Waals surface area contributed by atoms with Crippen LogP contribution < -0.4 is 4.72 Å². The molecule has 1 rings (SSSR count). The molecule has 0 aliphatic carbocycles. The van der Waals surface area contributed by atoms with Gasteiger partial charge in [-0.15, -0.1) is 0 Å². The van der Waals surface area contributed by atoms with Crippen LogP contribution in [0.15, 0.2) is 29.2 Å². The minimum Gasteiger partial charge on any atom is -0.393 e. The molecule has 0 aliphatic heterocycles. The van der Waals surface area contributed by atoms with Crippen molar-refractivity contribution in [1.29, 1.82) is 0 Å². The lowest BCUT2D eigenvalue weighted by Gasteiger charge is -2.18. The van der Waals surface area contributed by atoms with Crippen LogP contribution in [0.4, 0.5) is 0 Å². The maximum atomic E-state index is 11.8. The Balaban J connectivity index is 3.32. The van der Waals surface area contributed by atoms with Gasteiger partial charge in [-0.05, 0) is 25.6 Å². The number of hydrogen-bond acceptors (Lipinski definition) is 3. The van der Waals surface area contributed by atoms with E-state index in [2.05, 4.69) is 4.72 Å². The molecule has 2 unspecified atom stereocenters. The molecule has 0 fully saturated rings. The topological polar surface area (TPSA) is 66.4 Å². The third-order valence-electron chi connectivity index (χ3n) is 2.69. The molecule has 0 aromatic heterocycles. The molecule has 0 saturated carbocycles. The lowest BCUT2D eigenvalue weighted by atomic mass is 9.96. The molecule has 0 spiro atoms. The highest BCUT2D eigenvalue weighted by molar-refractivity contribution is 7.89. The van der Waals surface area contributed by atoms with E-state index < -0.39 is 16.1 Å².